The van der Waals surface area contributed by atoms with E-state index in [0.29, 0.717) is 24.9 Å². The summed E-state index contributed by atoms with van der Waals surface area (Å²) in [6.45, 7) is 2.75. The van der Waals surface area contributed by atoms with Crippen molar-refractivity contribution in [3.05, 3.63) is 23.4 Å². The van der Waals surface area contributed by atoms with Crippen molar-refractivity contribution in [3.63, 3.8) is 0 Å². The molecule has 0 fully saturated rings. The highest BCUT2D eigenvalue weighted by atomic mass is 32.1. The topological polar surface area (TPSA) is 124 Å². The average Bonchev–Trinajstić information content (AvgIpc) is 3.21. The molecule has 0 aliphatic carbocycles. The Labute approximate surface area is 142 Å². The molecule has 0 unspecified atom stereocenters. The number of nitrogens with one attached hydrogen (secondary N) is 1. The molecule has 1 atom stereocenters. The Balaban J connectivity index is 2.07. The molecule has 2 aromatic rings. The minimum Gasteiger partial charge on any atom is -0.419 e. The van der Waals surface area contributed by atoms with E-state index in [1.165, 1.54) is 11.3 Å². The highest BCUT2D eigenvalue weighted by molar-refractivity contribution is 7.13. The van der Waals surface area contributed by atoms with Gasteiger partial charge < -0.3 is 14.9 Å². The number of amides is 3. The first-order valence-corrected chi connectivity index (χ1v) is 8.08. The Hall–Kier alpha value is -2.30. The van der Waals surface area contributed by atoms with Crippen molar-refractivity contribution in [3.8, 4) is 10.8 Å². The number of ether oxygens (including phenoxy) is 1. The van der Waals surface area contributed by atoms with Crippen molar-refractivity contribution in [2.45, 2.75) is 19.5 Å². The summed E-state index contributed by atoms with van der Waals surface area (Å²) in [5.41, 5.74) is 4.99. The van der Waals surface area contributed by atoms with Crippen molar-refractivity contribution in [2.75, 3.05) is 20.3 Å². The molecule has 9 nitrogen and oxygen atoms in total. The quantitative estimate of drug-likeness (QED) is 0.720. The number of aromatic nitrogens is 2. The molecule has 2 aromatic heterocycles. The molecule has 3 N–H and O–H groups in total. The summed E-state index contributed by atoms with van der Waals surface area (Å²) in [4.78, 5) is 25.5. The number of rotatable bonds is 8. The normalized spacial score (nSPS) is 12.3. The van der Waals surface area contributed by atoms with Gasteiger partial charge in [-0.1, -0.05) is 6.07 Å². The van der Waals surface area contributed by atoms with E-state index in [1.54, 1.807) is 18.9 Å². The van der Waals surface area contributed by atoms with Crippen LogP contribution in [0.4, 0.5) is 4.79 Å². The molecular formula is C14H19N5O4S. The summed E-state index contributed by atoms with van der Waals surface area (Å²) in [5.74, 6) is 0.297. The number of methoxy groups -OCH3 is 1. The number of nitrogens with zero attached hydrogens (tertiary/aromatic N) is 3. The third kappa shape index (κ3) is 4.85. The van der Waals surface area contributed by atoms with E-state index < -0.39 is 18.0 Å². The number of carbonyl (C=O) groups excluding carboxylic acids is 2. The number of thiophene rings is 1. The minimum atomic E-state index is -0.892. The standard InChI is InChI=1S/C14H19N5O4S/c1-9(12(20)16-14(15)21)19(5-6-22-2)8-11-17-18-13(23-11)10-4-3-7-24-10/h3-4,7,9H,5-6,8H2,1-2H3,(H3,15,16,20,21)/t9-/m1/s1. The van der Waals surface area contributed by atoms with Gasteiger partial charge in [0, 0.05) is 13.7 Å². The van der Waals surface area contributed by atoms with Crippen molar-refractivity contribution >= 4 is 23.3 Å². The largest absolute Gasteiger partial charge is 0.419 e. The van der Waals surface area contributed by atoms with Gasteiger partial charge in [-0.25, -0.2) is 4.79 Å². The second-order valence-electron chi connectivity index (χ2n) is 4.97. The SMILES string of the molecule is COCCN(Cc1nnc(-c2cccs2)o1)[C@H](C)C(=O)NC(N)=O. The lowest BCUT2D eigenvalue weighted by molar-refractivity contribution is -0.125. The van der Waals surface area contributed by atoms with E-state index in [9.17, 15) is 9.59 Å². The minimum absolute atomic E-state index is 0.245. The lowest BCUT2D eigenvalue weighted by Gasteiger charge is -2.25. The van der Waals surface area contributed by atoms with Crippen LogP contribution >= 0.6 is 11.3 Å². The van der Waals surface area contributed by atoms with E-state index in [1.807, 2.05) is 17.5 Å². The summed E-state index contributed by atoms with van der Waals surface area (Å²) < 4.78 is 10.7. The molecule has 2 heterocycles. The molecule has 2 rings (SSSR count). The van der Waals surface area contributed by atoms with Crippen LogP contribution in [0.2, 0.25) is 0 Å². The zero-order valence-corrected chi connectivity index (χ0v) is 14.2. The Bertz CT molecular complexity index is 673. The number of urea groups is 1. The molecule has 130 valence electrons. The molecule has 24 heavy (non-hydrogen) atoms. The molecule has 0 saturated heterocycles. The van der Waals surface area contributed by atoms with Crippen LogP contribution in [0.3, 0.4) is 0 Å². The van der Waals surface area contributed by atoms with Gasteiger partial charge in [0.1, 0.15) is 0 Å². The molecule has 0 aliphatic heterocycles. The number of hydrogen-bond acceptors (Lipinski definition) is 8. The Morgan fingerprint density at radius 1 is 1.50 bits per heavy atom. The van der Waals surface area contributed by atoms with Gasteiger partial charge in [0.05, 0.1) is 24.1 Å². The zero-order valence-electron chi connectivity index (χ0n) is 13.4. The fourth-order valence-corrected chi connectivity index (χ4v) is 2.65. The Morgan fingerprint density at radius 2 is 2.29 bits per heavy atom. The number of carbonyl (C=O) groups is 2. The highest BCUT2D eigenvalue weighted by Crippen LogP contribution is 2.23. The second-order valence-corrected chi connectivity index (χ2v) is 5.92. The maximum Gasteiger partial charge on any atom is 0.318 e. The van der Waals surface area contributed by atoms with Crippen LogP contribution in [0, 0.1) is 0 Å². The molecule has 0 aliphatic rings. The van der Waals surface area contributed by atoms with Gasteiger partial charge >= 0.3 is 6.03 Å². The molecular weight excluding hydrogens is 334 g/mol. The van der Waals surface area contributed by atoms with Crippen LogP contribution in [0.15, 0.2) is 21.9 Å². The third-order valence-corrected chi connectivity index (χ3v) is 4.15. The van der Waals surface area contributed by atoms with Crippen molar-refractivity contribution in [1.29, 1.82) is 0 Å². The van der Waals surface area contributed by atoms with E-state index >= 15 is 0 Å². The van der Waals surface area contributed by atoms with Gasteiger partial charge in [0.2, 0.25) is 11.8 Å². The lowest BCUT2D eigenvalue weighted by atomic mass is 10.2. The van der Waals surface area contributed by atoms with E-state index in [2.05, 4.69) is 15.5 Å². The summed E-state index contributed by atoms with van der Waals surface area (Å²) in [7, 11) is 1.56. The van der Waals surface area contributed by atoms with Gasteiger partial charge in [0.25, 0.3) is 5.89 Å². The van der Waals surface area contributed by atoms with Crippen LogP contribution in [-0.2, 0) is 16.1 Å². The Morgan fingerprint density at radius 3 is 2.92 bits per heavy atom. The predicted molar refractivity (Wildman–Crippen MR) is 87.1 cm³/mol. The van der Waals surface area contributed by atoms with Crippen LogP contribution < -0.4 is 11.1 Å². The van der Waals surface area contributed by atoms with Gasteiger partial charge in [-0.15, -0.1) is 21.5 Å². The van der Waals surface area contributed by atoms with Crippen LogP contribution in [0.25, 0.3) is 10.8 Å². The van der Waals surface area contributed by atoms with E-state index in [4.69, 9.17) is 14.9 Å². The number of hydrogen-bond donors (Lipinski definition) is 2. The highest BCUT2D eigenvalue weighted by Gasteiger charge is 2.24. The van der Waals surface area contributed by atoms with E-state index in [0.717, 1.165) is 4.88 Å². The fraction of sp³-hybridized carbons (Fsp3) is 0.429. The molecule has 0 spiro atoms. The van der Waals surface area contributed by atoms with Crippen LogP contribution in [-0.4, -0.2) is 53.3 Å². The van der Waals surface area contributed by atoms with Gasteiger partial charge in [-0.3, -0.25) is 15.0 Å². The second kappa shape index (κ2) is 8.52. The average molecular weight is 353 g/mol. The summed E-state index contributed by atoms with van der Waals surface area (Å²) in [6.07, 6.45) is 0. The summed E-state index contributed by atoms with van der Waals surface area (Å²) in [6, 6.07) is 2.26. The molecule has 3 amide bonds. The van der Waals surface area contributed by atoms with Crippen LogP contribution in [0.5, 0.6) is 0 Å². The monoisotopic (exact) mass is 353 g/mol. The summed E-state index contributed by atoms with van der Waals surface area (Å²) >= 11 is 1.49. The maximum absolute atomic E-state index is 12.0. The van der Waals surface area contributed by atoms with Crippen LogP contribution in [0.1, 0.15) is 12.8 Å². The molecule has 0 saturated carbocycles. The maximum atomic E-state index is 12.0. The van der Waals surface area contributed by atoms with Gasteiger partial charge in [-0.2, -0.15) is 0 Å². The van der Waals surface area contributed by atoms with Gasteiger partial charge in [-0.05, 0) is 18.4 Å². The molecule has 0 bridgehead atoms. The van der Waals surface area contributed by atoms with Crippen molar-refractivity contribution < 1.29 is 18.7 Å². The van der Waals surface area contributed by atoms with Crippen molar-refractivity contribution in [1.82, 2.24) is 20.4 Å². The molecule has 0 aromatic carbocycles. The molecule has 0 radical (unpaired) electrons. The zero-order chi connectivity index (χ0) is 17.5. The van der Waals surface area contributed by atoms with E-state index in [-0.39, 0.29) is 6.54 Å². The first-order valence-electron chi connectivity index (χ1n) is 7.20. The van der Waals surface area contributed by atoms with Crippen molar-refractivity contribution in [2.24, 2.45) is 5.73 Å². The predicted octanol–water partition coefficient (Wildman–Crippen LogP) is 0.830. The summed E-state index contributed by atoms with van der Waals surface area (Å²) in [5, 5.41) is 12.0. The fourth-order valence-electron chi connectivity index (χ4n) is 2.00. The lowest BCUT2D eigenvalue weighted by Crippen LogP contribution is -2.49. The Kier molecular flexibility index (Phi) is 6.41. The first kappa shape index (κ1) is 18.0. The van der Waals surface area contributed by atoms with Gasteiger partial charge in [0.15, 0.2) is 0 Å². The number of primary amides is 1. The molecule has 10 heteroatoms. The first-order chi connectivity index (χ1) is 11.5. The number of nitrogens with two attached hydrogens (primary N) is 1. The third-order valence-electron chi connectivity index (χ3n) is 3.29. The number of imide groups is 1. The smallest absolute Gasteiger partial charge is 0.318 e.